The van der Waals surface area contributed by atoms with E-state index in [9.17, 15) is 5.11 Å². The van der Waals surface area contributed by atoms with Gasteiger partial charge in [-0.15, -0.1) is 11.3 Å². The summed E-state index contributed by atoms with van der Waals surface area (Å²) in [5, 5.41) is 12.4. The van der Waals surface area contributed by atoms with Gasteiger partial charge in [0, 0.05) is 13.5 Å². The van der Waals surface area contributed by atoms with E-state index in [1.807, 2.05) is 19.2 Å². The second kappa shape index (κ2) is 4.62. The molecule has 14 heavy (non-hydrogen) atoms. The normalized spacial score (nSPS) is 14.4. The summed E-state index contributed by atoms with van der Waals surface area (Å²) in [5.74, 6) is 0. The molecule has 2 nitrogen and oxygen atoms in total. The second-order valence-electron chi connectivity index (χ2n) is 3.82. The first kappa shape index (κ1) is 12.0. The summed E-state index contributed by atoms with van der Waals surface area (Å²) in [7, 11) is 1.64. The number of hydrogen-bond donors (Lipinski definition) is 1. The van der Waals surface area contributed by atoms with E-state index in [0.717, 1.165) is 4.88 Å². The highest BCUT2D eigenvalue weighted by Crippen LogP contribution is 2.33. The smallest absolute Gasteiger partial charge is 0.0924 e. The summed E-state index contributed by atoms with van der Waals surface area (Å²) < 4.78 is 5.25. The number of ether oxygens (including phenoxy) is 1. The van der Waals surface area contributed by atoms with Gasteiger partial charge in [-0.05, 0) is 25.3 Å². The molecule has 0 aliphatic rings. The lowest BCUT2D eigenvalue weighted by molar-refractivity contribution is -0.0192. The van der Waals surface area contributed by atoms with Crippen LogP contribution in [0.15, 0.2) is 11.4 Å². The maximum absolute atomic E-state index is 9.90. The molecule has 0 aliphatic carbocycles. The minimum atomic E-state index is -0.544. The zero-order valence-corrected chi connectivity index (χ0v) is 10.2. The van der Waals surface area contributed by atoms with Gasteiger partial charge < -0.3 is 9.84 Å². The number of hydrogen-bond acceptors (Lipinski definition) is 3. The van der Waals surface area contributed by atoms with Crippen LogP contribution in [0.1, 0.15) is 31.2 Å². The van der Waals surface area contributed by atoms with Crippen LogP contribution in [-0.4, -0.2) is 17.8 Å². The van der Waals surface area contributed by atoms with Gasteiger partial charge in [0.1, 0.15) is 0 Å². The van der Waals surface area contributed by atoms with Gasteiger partial charge in [-0.1, -0.05) is 11.6 Å². The zero-order chi connectivity index (χ0) is 10.8. The molecule has 0 amide bonds. The molecule has 1 atom stereocenters. The fraction of sp³-hybridized carbons (Fsp3) is 0.600. The summed E-state index contributed by atoms with van der Waals surface area (Å²) >= 11 is 7.39. The Morgan fingerprint density at radius 3 is 2.71 bits per heavy atom. The van der Waals surface area contributed by atoms with Crippen molar-refractivity contribution in [2.45, 2.75) is 32.0 Å². The average molecular weight is 235 g/mol. The molecule has 1 heterocycles. The van der Waals surface area contributed by atoms with Gasteiger partial charge >= 0.3 is 0 Å². The predicted molar refractivity (Wildman–Crippen MR) is 60.0 cm³/mol. The largest absolute Gasteiger partial charge is 0.387 e. The van der Waals surface area contributed by atoms with Gasteiger partial charge in [-0.25, -0.2) is 0 Å². The fourth-order valence-electron chi connectivity index (χ4n) is 1.18. The third-order valence-corrected chi connectivity index (χ3v) is 3.64. The number of thiophene rings is 1. The Labute approximate surface area is 93.5 Å². The van der Waals surface area contributed by atoms with Crippen molar-refractivity contribution >= 4 is 22.9 Å². The van der Waals surface area contributed by atoms with Crippen LogP contribution in [-0.2, 0) is 4.74 Å². The van der Waals surface area contributed by atoms with Crippen LogP contribution < -0.4 is 0 Å². The van der Waals surface area contributed by atoms with Gasteiger partial charge in [0.25, 0.3) is 0 Å². The van der Waals surface area contributed by atoms with E-state index >= 15 is 0 Å². The molecule has 0 spiro atoms. The molecule has 1 rings (SSSR count). The molecule has 0 bridgehead atoms. The van der Waals surface area contributed by atoms with Crippen LogP contribution in [0.5, 0.6) is 0 Å². The van der Waals surface area contributed by atoms with E-state index < -0.39 is 6.10 Å². The van der Waals surface area contributed by atoms with E-state index in [1.165, 1.54) is 11.3 Å². The highest BCUT2D eigenvalue weighted by atomic mass is 35.5. The molecule has 4 heteroatoms. The average Bonchev–Trinajstić information content (AvgIpc) is 2.51. The van der Waals surface area contributed by atoms with Crippen molar-refractivity contribution in [3.05, 3.63) is 21.3 Å². The molecule has 80 valence electrons. The molecule has 0 aliphatic heterocycles. The topological polar surface area (TPSA) is 29.5 Å². The molecular weight excluding hydrogens is 220 g/mol. The van der Waals surface area contributed by atoms with Crippen LogP contribution >= 0.6 is 22.9 Å². The highest BCUT2D eigenvalue weighted by Gasteiger charge is 2.24. The molecule has 1 aromatic rings. The van der Waals surface area contributed by atoms with Crippen molar-refractivity contribution in [2.75, 3.05) is 7.11 Å². The SMILES string of the molecule is COC(C)(C)CC(O)c1sccc1Cl. The van der Waals surface area contributed by atoms with Crippen LogP contribution in [0.3, 0.4) is 0 Å². The monoisotopic (exact) mass is 234 g/mol. The fourth-order valence-corrected chi connectivity index (χ4v) is 2.35. The molecule has 1 aromatic heterocycles. The summed E-state index contributed by atoms with van der Waals surface area (Å²) in [6.07, 6.45) is 0.00134. The Balaban J connectivity index is 2.68. The summed E-state index contributed by atoms with van der Waals surface area (Å²) in [4.78, 5) is 0.816. The van der Waals surface area contributed by atoms with Crippen LogP contribution in [0.25, 0.3) is 0 Å². The Morgan fingerprint density at radius 2 is 2.29 bits per heavy atom. The summed E-state index contributed by atoms with van der Waals surface area (Å²) in [5.41, 5.74) is -0.327. The Hall–Kier alpha value is -0.0900. The summed E-state index contributed by atoms with van der Waals surface area (Å²) in [6, 6.07) is 1.80. The van der Waals surface area contributed by atoms with Crippen molar-refractivity contribution in [1.29, 1.82) is 0 Å². The second-order valence-corrected chi connectivity index (χ2v) is 5.17. The van der Waals surface area contributed by atoms with Gasteiger partial charge in [-0.2, -0.15) is 0 Å². The minimum absolute atomic E-state index is 0.327. The van der Waals surface area contributed by atoms with E-state index in [1.54, 1.807) is 13.2 Å². The zero-order valence-electron chi connectivity index (χ0n) is 8.58. The molecule has 0 radical (unpaired) electrons. The number of aliphatic hydroxyl groups is 1. The number of methoxy groups -OCH3 is 1. The van der Waals surface area contributed by atoms with Crippen molar-refractivity contribution in [3.8, 4) is 0 Å². The van der Waals surface area contributed by atoms with Crippen molar-refractivity contribution in [3.63, 3.8) is 0 Å². The van der Waals surface area contributed by atoms with E-state index in [4.69, 9.17) is 16.3 Å². The van der Waals surface area contributed by atoms with Gasteiger partial charge in [-0.3, -0.25) is 0 Å². The lowest BCUT2D eigenvalue weighted by atomic mass is 10.00. The maximum Gasteiger partial charge on any atom is 0.0924 e. The lowest BCUT2D eigenvalue weighted by Gasteiger charge is -2.25. The maximum atomic E-state index is 9.90. The molecule has 0 saturated carbocycles. The summed E-state index contributed by atoms with van der Waals surface area (Å²) in [6.45, 7) is 3.88. The number of rotatable bonds is 4. The first-order chi connectivity index (χ1) is 6.46. The van der Waals surface area contributed by atoms with Crippen LogP contribution in [0.4, 0.5) is 0 Å². The molecule has 1 unspecified atom stereocenters. The van der Waals surface area contributed by atoms with Crippen molar-refractivity contribution < 1.29 is 9.84 Å². The van der Waals surface area contributed by atoms with Crippen LogP contribution in [0.2, 0.25) is 5.02 Å². The molecule has 0 fully saturated rings. The Morgan fingerprint density at radius 1 is 1.64 bits per heavy atom. The van der Waals surface area contributed by atoms with E-state index in [-0.39, 0.29) is 5.60 Å². The number of halogens is 1. The lowest BCUT2D eigenvalue weighted by Crippen LogP contribution is -2.25. The Kier molecular flexibility index (Phi) is 3.95. The standard InChI is InChI=1S/C10H15ClO2S/c1-10(2,13-3)6-8(12)9-7(11)4-5-14-9/h4-5,8,12H,6H2,1-3H3. The first-order valence-electron chi connectivity index (χ1n) is 4.42. The number of aliphatic hydroxyl groups excluding tert-OH is 1. The predicted octanol–water partition coefficient (Wildman–Crippen LogP) is 3.25. The molecular formula is C10H15ClO2S. The Bertz CT molecular complexity index is 296. The third-order valence-electron chi connectivity index (χ3n) is 2.18. The van der Waals surface area contributed by atoms with Crippen molar-refractivity contribution in [1.82, 2.24) is 0 Å². The molecule has 0 aromatic carbocycles. The molecule has 1 N–H and O–H groups in total. The van der Waals surface area contributed by atoms with Gasteiger partial charge in [0.05, 0.1) is 21.6 Å². The van der Waals surface area contributed by atoms with Gasteiger partial charge in [0.15, 0.2) is 0 Å². The van der Waals surface area contributed by atoms with E-state index in [2.05, 4.69) is 0 Å². The van der Waals surface area contributed by atoms with E-state index in [0.29, 0.717) is 11.4 Å². The third kappa shape index (κ3) is 2.95. The first-order valence-corrected chi connectivity index (χ1v) is 5.68. The highest BCUT2D eigenvalue weighted by molar-refractivity contribution is 7.10. The minimum Gasteiger partial charge on any atom is -0.387 e. The quantitative estimate of drug-likeness (QED) is 0.867. The van der Waals surface area contributed by atoms with Gasteiger partial charge in [0.2, 0.25) is 0 Å². The molecule has 0 saturated heterocycles. The van der Waals surface area contributed by atoms with Crippen molar-refractivity contribution in [2.24, 2.45) is 0 Å². The van der Waals surface area contributed by atoms with Crippen LogP contribution in [0, 0.1) is 0 Å².